The number of carboxylic acids is 1. The Kier molecular flexibility index (Phi) is 8.88. The summed E-state index contributed by atoms with van der Waals surface area (Å²) in [5.74, 6) is -2.79. The fourth-order valence-electron chi connectivity index (χ4n) is 3.45. The number of aliphatic carboxylic acids is 1. The summed E-state index contributed by atoms with van der Waals surface area (Å²) in [4.78, 5) is 66.1. The molecule has 0 spiro atoms. The summed E-state index contributed by atoms with van der Waals surface area (Å²) in [6.45, 7) is 2.95. The monoisotopic (exact) mass is 476 g/mol. The van der Waals surface area contributed by atoms with Crippen molar-refractivity contribution in [2.75, 3.05) is 32.7 Å². The predicted molar refractivity (Wildman–Crippen MR) is 117 cm³/mol. The van der Waals surface area contributed by atoms with Crippen molar-refractivity contribution in [2.45, 2.75) is 38.7 Å². The Bertz CT molecular complexity index is 955. The van der Waals surface area contributed by atoms with E-state index in [1.165, 1.54) is 6.08 Å². The molecule has 1 aliphatic rings. The van der Waals surface area contributed by atoms with Crippen LogP contribution in [0, 0.1) is 0 Å². The number of hydrogen-bond donors (Lipinski definition) is 2. The molecule has 0 unspecified atom stereocenters. The van der Waals surface area contributed by atoms with E-state index in [1.807, 2.05) is 6.07 Å². The summed E-state index contributed by atoms with van der Waals surface area (Å²) >= 11 is 0. The first-order valence-electron chi connectivity index (χ1n) is 10.5. The molecule has 12 heteroatoms. The van der Waals surface area contributed by atoms with Gasteiger partial charge in [-0.3, -0.25) is 14.4 Å². The van der Waals surface area contributed by atoms with E-state index in [0.717, 1.165) is 15.4 Å². The normalized spacial score (nSPS) is 18.1. The first-order valence-corrected chi connectivity index (χ1v) is 10.5. The zero-order chi connectivity index (χ0) is 25.4. The van der Waals surface area contributed by atoms with Gasteiger partial charge < -0.3 is 29.7 Å². The fraction of sp³-hybridized carbons (Fsp3) is 0.500. The van der Waals surface area contributed by atoms with Gasteiger partial charge in [0.2, 0.25) is 17.7 Å². The number of ether oxygens (including phenoxy) is 2. The van der Waals surface area contributed by atoms with E-state index in [0.29, 0.717) is 0 Å². The Labute approximate surface area is 196 Å². The van der Waals surface area contributed by atoms with Crippen LogP contribution >= 0.6 is 0 Å². The lowest BCUT2D eigenvalue weighted by Gasteiger charge is -2.49. The first-order chi connectivity index (χ1) is 16.0. The molecule has 0 radical (unpaired) electrons. The highest BCUT2D eigenvalue weighted by molar-refractivity contribution is 5.94. The van der Waals surface area contributed by atoms with E-state index < -0.39 is 54.8 Å². The highest BCUT2D eigenvalue weighted by Crippen LogP contribution is 2.30. The van der Waals surface area contributed by atoms with Gasteiger partial charge in [0, 0.05) is 13.1 Å². The number of hydrogen-bond acceptors (Lipinski definition) is 8. The van der Waals surface area contributed by atoms with Crippen LogP contribution < -0.4 is 5.32 Å². The third-order valence-electron chi connectivity index (χ3n) is 4.71. The summed E-state index contributed by atoms with van der Waals surface area (Å²) in [7, 11) is 0. The van der Waals surface area contributed by atoms with Crippen molar-refractivity contribution in [2.24, 2.45) is 4.99 Å². The van der Waals surface area contributed by atoms with E-state index in [9.17, 15) is 24.0 Å². The summed E-state index contributed by atoms with van der Waals surface area (Å²) in [5, 5.41) is 11.5. The number of amides is 3. The Balaban J connectivity index is 2.20. The molecular weight excluding hydrogens is 448 g/mol. The Morgan fingerprint density at radius 3 is 2.47 bits per heavy atom. The standard InChI is InChI=1S/C22H28N4O8/c1-21(2,3)34-22(14-23-15-27)19(31)25(12-18(29)30)9-10-26(22)17(28)11-24-20(32)33-13-16-7-5-4-6-8-16/h4-8H,9-14H2,1-3H3,(H,24,32)(H,29,30)/t22-/m0/s1. The van der Waals surface area contributed by atoms with Crippen molar-refractivity contribution in [3.8, 4) is 0 Å². The molecule has 0 aliphatic carbocycles. The average Bonchev–Trinajstić information content (AvgIpc) is 2.77. The van der Waals surface area contributed by atoms with E-state index in [2.05, 4.69) is 10.3 Å². The van der Waals surface area contributed by atoms with Gasteiger partial charge in [-0.15, -0.1) is 0 Å². The molecule has 0 saturated carbocycles. The second kappa shape index (κ2) is 11.4. The molecule has 1 aliphatic heterocycles. The third-order valence-corrected chi connectivity index (χ3v) is 4.71. The maximum atomic E-state index is 13.3. The number of rotatable bonds is 9. The number of aliphatic imine (C=N–C) groups is 1. The van der Waals surface area contributed by atoms with Crippen LogP contribution in [0.4, 0.5) is 4.79 Å². The summed E-state index contributed by atoms with van der Waals surface area (Å²) < 4.78 is 11.0. The molecule has 3 amide bonds. The molecule has 1 aromatic carbocycles. The minimum absolute atomic E-state index is 0.00165. The van der Waals surface area contributed by atoms with Crippen molar-refractivity contribution in [1.29, 1.82) is 0 Å². The van der Waals surface area contributed by atoms with Crippen LogP contribution in [-0.2, 0) is 35.3 Å². The van der Waals surface area contributed by atoms with Crippen molar-refractivity contribution in [3.05, 3.63) is 35.9 Å². The fourth-order valence-corrected chi connectivity index (χ4v) is 3.45. The highest BCUT2D eigenvalue weighted by atomic mass is 16.6. The lowest BCUT2D eigenvalue weighted by atomic mass is 10.0. The molecule has 0 bridgehead atoms. The van der Waals surface area contributed by atoms with Gasteiger partial charge in [-0.25, -0.2) is 14.6 Å². The molecule has 1 atom stereocenters. The minimum atomic E-state index is -2.09. The number of nitrogens with zero attached hydrogens (tertiary/aromatic N) is 3. The Hall–Kier alpha value is -3.76. The third kappa shape index (κ3) is 7.12. The zero-order valence-corrected chi connectivity index (χ0v) is 19.3. The molecule has 2 rings (SSSR count). The average molecular weight is 476 g/mol. The summed E-state index contributed by atoms with van der Waals surface area (Å²) in [6, 6.07) is 8.94. The quantitative estimate of drug-likeness (QED) is 0.386. The van der Waals surface area contributed by atoms with Crippen molar-refractivity contribution in [1.82, 2.24) is 15.1 Å². The lowest BCUT2D eigenvalue weighted by molar-refractivity contribution is -0.227. The van der Waals surface area contributed by atoms with E-state index in [4.69, 9.17) is 14.6 Å². The van der Waals surface area contributed by atoms with Crippen LogP contribution in [-0.4, -0.2) is 88.9 Å². The Morgan fingerprint density at radius 2 is 1.88 bits per heavy atom. The molecule has 0 aromatic heterocycles. The van der Waals surface area contributed by atoms with Gasteiger partial charge in [0.05, 0.1) is 5.60 Å². The van der Waals surface area contributed by atoms with Gasteiger partial charge in [-0.05, 0) is 26.3 Å². The van der Waals surface area contributed by atoms with Crippen LogP contribution in [0.2, 0.25) is 0 Å². The van der Waals surface area contributed by atoms with E-state index in [-0.39, 0.29) is 19.7 Å². The summed E-state index contributed by atoms with van der Waals surface area (Å²) in [5.41, 5.74) is -2.31. The lowest BCUT2D eigenvalue weighted by Crippen LogP contribution is -2.72. The van der Waals surface area contributed by atoms with E-state index >= 15 is 0 Å². The van der Waals surface area contributed by atoms with Gasteiger partial charge in [-0.2, -0.15) is 0 Å². The number of piperazine rings is 1. The van der Waals surface area contributed by atoms with Crippen molar-refractivity contribution in [3.63, 3.8) is 0 Å². The number of carbonyl (C=O) groups excluding carboxylic acids is 4. The van der Waals surface area contributed by atoms with Gasteiger partial charge in [-0.1, -0.05) is 30.3 Å². The van der Waals surface area contributed by atoms with Gasteiger partial charge in [0.15, 0.2) is 0 Å². The maximum Gasteiger partial charge on any atom is 0.407 e. The molecule has 2 N–H and O–H groups in total. The van der Waals surface area contributed by atoms with Crippen molar-refractivity contribution >= 4 is 30.0 Å². The van der Waals surface area contributed by atoms with Crippen LogP contribution in [0.25, 0.3) is 0 Å². The second-order valence-electron chi connectivity index (χ2n) is 8.49. The summed E-state index contributed by atoms with van der Waals surface area (Å²) in [6.07, 6.45) is 0.478. The predicted octanol–water partition coefficient (Wildman–Crippen LogP) is 0.515. The SMILES string of the molecule is CC(C)(C)O[C@@]1(CN=C=O)C(=O)N(CC(=O)O)CCN1C(=O)CNC(=O)OCc1ccccc1. The van der Waals surface area contributed by atoms with Crippen molar-refractivity contribution < 1.29 is 38.6 Å². The van der Waals surface area contributed by atoms with Crippen LogP contribution in [0.3, 0.4) is 0 Å². The molecule has 1 heterocycles. The molecule has 12 nitrogen and oxygen atoms in total. The maximum absolute atomic E-state index is 13.3. The minimum Gasteiger partial charge on any atom is -0.480 e. The number of isocyanates is 1. The zero-order valence-electron chi connectivity index (χ0n) is 19.3. The highest BCUT2D eigenvalue weighted by Gasteiger charge is 2.55. The molecule has 184 valence electrons. The number of alkyl carbamates (subject to hydrolysis) is 1. The number of benzene rings is 1. The van der Waals surface area contributed by atoms with Gasteiger partial charge in [0.25, 0.3) is 5.91 Å². The van der Waals surface area contributed by atoms with Crippen LogP contribution in [0.15, 0.2) is 35.3 Å². The smallest absolute Gasteiger partial charge is 0.407 e. The van der Waals surface area contributed by atoms with Gasteiger partial charge in [0.1, 0.15) is 26.2 Å². The van der Waals surface area contributed by atoms with Crippen LogP contribution in [0.1, 0.15) is 26.3 Å². The molecular formula is C22H28N4O8. The molecule has 1 saturated heterocycles. The molecule has 1 fully saturated rings. The largest absolute Gasteiger partial charge is 0.480 e. The molecule has 1 aromatic rings. The molecule has 34 heavy (non-hydrogen) atoms. The number of carboxylic acid groups (broad SMARTS) is 1. The van der Waals surface area contributed by atoms with Crippen LogP contribution in [0.5, 0.6) is 0 Å². The number of carbonyl (C=O) groups is 4. The van der Waals surface area contributed by atoms with Gasteiger partial charge >= 0.3 is 12.1 Å². The topological polar surface area (TPSA) is 155 Å². The second-order valence-corrected chi connectivity index (χ2v) is 8.49. The first kappa shape index (κ1) is 26.5. The Morgan fingerprint density at radius 1 is 1.21 bits per heavy atom. The number of nitrogens with one attached hydrogen (secondary N) is 1. The van der Waals surface area contributed by atoms with E-state index in [1.54, 1.807) is 45.0 Å².